The lowest BCUT2D eigenvalue weighted by Crippen LogP contribution is -2.48. The van der Waals surface area contributed by atoms with Gasteiger partial charge in [0.25, 0.3) is 0 Å². The maximum atomic E-state index is 12.8. The fourth-order valence-corrected chi connectivity index (χ4v) is 3.34. The van der Waals surface area contributed by atoms with Gasteiger partial charge in [-0.15, -0.1) is 0 Å². The Morgan fingerprint density at radius 2 is 1.92 bits per heavy atom. The van der Waals surface area contributed by atoms with Crippen LogP contribution in [-0.2, 0) is 9.59 Å². The fourth-order valence-electron chi connectivity index (χ4n) is 3.34. The summed E-state index contributed by atoms with van der Waals surface area (Å²) in [5.74, 6) is 0.663. The van der Waals surface area contributed by atoms with Gasteiger partial charge in [0.1, 0.15) is 12.3 Å². The fraction of sp³-hybridized carbons (Fsp3) is 0.600. The van der Waals surface area contributed by atoms with Crippen LogP contribution in [0.15, 0.2) is 24.3 Å². The van der Waals surface area contributed by atoms with Gasteiger partial charge in [-0.05, 0) is 63.8 Å². The summed E-state index contributed by atoms with van der Waals surface area (Å²) in [7, 11) is 0. The van der Waals surface area contributed by atoms with Crippen molar-refractivity contribution in [2.24, 2.45) is 0 Å². The molecule has 1 aromatic rings. The lowest BCUT2D eigenvalue weighted by molar-refractivity contribution is -0.134. The monoisotopic (exact) mass is 346 g/mol. The molecule has 0 aliphatic carbocycles. The van der Waals surface area contributed by atoms with E-state index in [1.807, 2.05) is 43.0 Å². The van der Waals surface area contributed by atoms with E-state index < -0.39 is 0 Å². The number of ether oxygens (including phenoxy) is 1. The van der Waals surface area contributed by atoms with Crippen LogP contribution in [0.2, 0.25) is 0 Å². The number of carbonyl (C=O) groups excluding carboxylic acids is 2. The van der Waals surface area contributed by atoms with Crippen LogP contribution in [0, 0.1) is 0 Å². The molecule has 1 aliphatic heterocycles. The maximum Gasteiger partial charge on any atom is 0.242 e. The summed E-state index contributed by atoms with van der Waals surface area (Å²) in [6.07, 6.45) is 4.34. The van der Waals surface area contributed by atoms with Gasteiger partial charge in [0, 0.05) is 25.2 Å². The highest BCUT2D eigenvalue weighted by Crippen LogP contribution is 2.23. The Kier molecular flexibility index (Phi) is 6.85. The molecule has 1 fully saturated rings. The smallest absolute Gasteiger partial charge is 0.242 e. The molecular weight excluding hydrogens is 316 g/mol. The van der Waals surface area contributed by atoms with Crippen molar-refractivity contribution >= 4 is 17.5 Å². The topological polar surface area (TPSA) is 49.9 Å². The number of nitrogens with zero attached hydrogens (tertiary/aromatic N) is 2. The average Bonchev–Trinajstić information content (AvgIpc) is 2.59. The zero-order valence-electron chi connectivity index (χ0n) is 15.8. The van der Waals surface area contributed by atoms with Crippen LogP contribution in [-0.4, -0.2) is 41.9 Å². The Balaban J connectivity index is 2.09. The second kappa shape index (κ2) is 8.88. The molecule has 1 unspecified atom stereocenters. The summed E-state index contributed by atoms with van der Waals surface area (Å²) in [4.78, 5) is 28.4. The third-order valence-corrected chi connectivity index (χ3v) is 4.61. The predicted molar refractivity (Wildman–Crippen MR) is 99.9 cm³/mol. The minimum absolute atomic E-state index is 0.0317. The Hall–Kier alpha value is -2.04. The van der Waals surface area contributed by atoms with Crippen molar-refractivity contribution in [1.29, 1.82) is 0 Å². The average molecular weight is 346 g/mol. The largest absolute Gasteiger partial charge is 0.491 e. The van der Waals surface area contributed by atoms with Crippen molar-refractivity contribution in [2.45, 2.75) is 65.5 Å². The quantitative estimate of drug-likeness (QED) is 0.790. The molecule has 138 valence electrons. The first-order valence-corrected chi connectivity index (χ1v) is 9.26. The number of hydrogen-bond acceptors (Lipinski definition) is 3. The minimum atomic E-state index is -0.129. The lowest BCUT2D eigenvalue weighted by atomic mass is 10.00. The van der Waals surface area contributed by atoms with Gasteiger partial charge >= 0.3 is 0 Å². The van der Waals surface area contributed by atoms with E-state index in [2.05, 4.69) is 6.92 Å². The standard InChI is InChI=1S/C20H30N2O3/c1-5-17-8-6-7-13-21(17)20(24)14-22(16(4)23)18-9-11-19(12-10-18)25-15(2)3/h9-12,15,17H,5-8,13-14H2,1-4H3. The molecule has 2 rings (SSSR count). The third kappa shape index (κ3) is 5.21. The molecule has 1 aliphatic rings. The normalized spacial score (nSPS) is 17.5. The van der Waals surface area contributed by atoms with Gasteiger partial charge in [0.15, 0.2) is 0 Å². The van der Waals surface area contributed by atoms with Gasteiger partial charge in [-0.25, -0.2) is 0 Å². The van der Waals surface area contributed by atoms with Crippen LogP contribution in [0.4, 0.5) is 5.69 Å². The van der Waals surface area contributed by atoms with Crippen molar-refractivity contribution in [3.63, 3.8) is 0 Å². The molecule has 0 spiro atoms. The van der Waals surface area contributed by atoms with Gasteiger partial charge in [0.2, 0.25) is 11.8 Å². The zero-order valence-corrected chi connectivity index (χ0v) is 15.8. The molecule has 1 atom stereocenters. The zero-order chi connectivity index (χ0) is 18.4. The summed E-state index contributed by atoms with van der Waals surface area (Å²) in [5.41, 5.74) is 0.724. The van der Waals surface area contributed by atoms with Gasteiger partial charge < -0.3 is 14.5 Å². The van der Waals surface area contributed by atoms with Gasteiger partial charge in [0.05, 0.1) is 6.10 Å². The van der Waals surface area contributed by atoms with Crippen molar-refractivity contribution in [3.05, 3.63) is 24.3 Å². The SMILES string of the molecule is CCC1CCCCN1C(=O)CN(C(C)=O)c1ccc(OC(C)C)cc1. The number of piperidine rings is 1. The molecule has 0 bridgehead atoms. The second-order valence-electron chi connectivity index (χ2n) is 6.91. The first kappa shape index (κ1) is 19.3. The first-order chi connectivity index (χ1) is 11.9. The molecule has 0 radical (unpaired) electrons. The van der Waals surface area contributed by atoms with Crippen molar-refractivity contribution in [1.82, 2.24) is 4.90 Å². The first-order valence-electron chi connectivity index (χ1n) is 9.26. The maximum absolute atomic E-state index is 12.8. The van der Waals surface area contributed by atoms with E-state index >= 15 is 0 Å². The van der Waals surface area contributed by atoms with Crippen molar-refractivity contribution < 1.29 is 14.3 Å². The van der Waals surface area contributed by atoms with Gasteiger partial charge in [-0.1, -0.05) is 6.92 Å². The number of hydrogen-bond donors (Lipinski definition) is 0. The van der Waals surface area contributed by atoms with Gasteiger partial charge in [-0.3, -0.25) is 9.59 Å². The van der Waals surface area contributed by atoms with E-state index in [0.29, 0.717) is 6.04 Å². The van der Waals surface area contributed by atoms with E-state index in [1.165, 1.54) is 13.3 Å². The van der Waals surface area contributed by atoms with Crippen LogP contribution >= 0.6 is 0 Å². The van der Waals surface area contributed by atoms with Crippen LogP contribution in [0.25, 0.3) is 0 Å². The summed E-state index contributed by atoms with van der Waals surface area (Å²) >= 11 is 0. The summed E-state index contributed by atoms with van der Waals surface area (Å²) < 4.78 is 5.64. The van der Waals surface area contributed by atoms with E-state index in [1.54, 1.807) is 4.90 Å². The summed E-state index contributed by atoms with van der Waals surface area (Å²) in [6.45, 7) is 8.45. The number of benzene rings is 1. The minimum Gasteiger partial charge on any atom is -0.491 e. The molecular formula is C20H30N2O3. The molecule has 1 heterocycles. The highest BCUT2D eigenvalue weighted by molar-refractivity contribution is 5.97. The van der Waals surface area contributed by atoms with Crippen molar-refractivity contribution in [2.75, 3.05) is 18.0 Å². The number of rotatable bonds is 6. The molecule has 1 aromatic carbocycles. The van der Waals surface area contributed by atoms with Gasteiger partial charge in [-0.2, -0.15) is 0 Å². The van der Waals surface area contributed by atoms with E-state index in [0.717, 1.165) is 37.2 Å². The van der Waals surface area contributed by atoms with E-state index in [9.17, 15) is 9.59 Å². The molecule has 1 saturated heterocycles. The number of likely N-dealkylation sites (tertiary alicyclic amines) is 1. The van der Waals surface area contributed by atoms with Crippen LogP contribution in [0.3, 0.4) is 0 Å². The van der Waals surface area contributed by atoms with E-state index in [-0.39, 0.29) is 24.5 Å². The van der Waals surface area contributed by atoms with Crippen LogP contribution in [0.1, 0.15) is 53.4 Å². The Bertz CT molecular complexity index is 583. The number of amides is 2. The second-order valence-corrected chi connectivity index (χ2v) is 6.91. The molecule has 5 heteroatoms. The van der Waals surface area contributed by atoms with Crippen LogP contribution < -0.4 is 9.64 Å². The third-order valence-electron chi connectivity index (χ3n) is 4.61. The predicted octanol–water partition coefficient (Wildman–Crippen LogP) is 3.62. The molecule has 2 amide bonds. The Morgan fingerprint density at radius 3 is 2.48 bits per heavy atom. The molecule has 0 saturated carbocycles. The number of anilines is 1. The Morgan fingerprint density at radius 1 is 1.24 bits per heavy atom. The van der Waals surface area contributed by atoms with Crippen LogP contribution in [0.5, 0.6) is 5.75 Å². The number of carbonyl (C=O) groups is 2. The molecule has 0 N–H and O–H groups in total. The lowest BCUT2D eigenvalue weighted by Gasteiger charge is -2.36. The molecule has 25 heavy (non-hydrogen) atoms. The Labute approximate surface area is 150 Å². The molecule has 5 nitrogen and oxygen atoms in total. The summed E-state index contributed by atoms with van der Waals surface area (Å²) in [6, 6.07) is 7.65. The highest BCUT2D eigenvalue weighted by atomic mass is 16.5. The van der Waals surface area contributed by atoms with E-state index in [4.69, 9.17) is 4.74 Å². The molecule has 0 aromatic heterocycles. The highest BCUT2D eigenvalue weighted by Gasteiger charge is 2.27. The van der Waals surface area contributed by atoms with Crippen molar-refractivity contribution in [3.8, 4) is 5.75 Å². The summed E-state index contributed by atoms with van der Waals surface area (Å²) in [5, 5.41) is 0.